The van der Waals surface area contributed by atoms with Gasteiger partial charge < -0.3 is 14.6 Å². The second-order valence-corrected chi connectivity index (χ2v) is 7.68. The van der Waals surface area contributed by atoms with E-state index in [0.29, 0.717) is 18.9 Å². The lowest BCUT2D eigenvalue weighted by atomic mass is 9.93. The SMILES string of the molecule is CC(Nc1ncc(CCOC2=NN=N[C@]2(C)c2ccc(F)cc2)n1C)c1ccccc1. The summed E-state index contributed by atoms with van der Waals surface area (Å²) in [5, 5.41) is 15.5. The molecule has 8 heteroatoms. The maximum atomic E-state index is 13.3. The summed E-state index contributed by atoms with van der Waals surface area (Å²) in [6.07, 6.45) is 2.48. The zero-order chi connectivity index (χ0) is 21.8. The molecule has 0 fully saturated rings. The summed E-state index contributed by atoms with van der Waals surface area (Å²) in [4.78, 5) is 4.51. The van der Waals surface area contributed by atoms with E-state index in [1.807, 2.05) is 42.9 Å². The third-order valence-corrected chi connectivity index (χ3v) is 5.53. The van der Waals surface area contributed by atoms with Crippen molar-refractivity contribution < 1.29 is 9.13 Å². The highest BCUT2D eigenvalue weighted by atomic mass is 19.1. The Labute approximate surface area is 180 Å². The fourth-order valence-corrected chi connectivity index (χ4v) is 3.50. The molecule has 4 rings (SSSR count). The molecule has 0 spiro atoms. The van der Waals surface area contributed by atoms with E-state index in [9.17, 15) is 4.39 Å². The van der Waals surface area contributed by atoms with Gasteiger partial charge in [0.1, 0.15) is 5.82 Å². The van der Waals surface area contributed by atoms with Crippen molar-refractivity contribution in [2.75, 3.05) is 11.9 Å². The summed E-state index contributed by atoms with van der Waals surface area (Å²) < 4.78 is 21.2. The largest absolute Gasteiger partial charge is 0.477 e. The first-order chi connectivity index (χ1) is 15.0. The number of rotatable bonds is 7. The summed E-state index contributed by atoms with van der Waals surface area (Å²) in [6.45, 7) is 4.36. The molecule has 160 valence electrons. The van der Waals surface area contributed by atoms with Crippen LogP contribution < -0.4 is 5.32 Å². The van der Waals surface area contributed by atoms with Crippen LogP contribution in [0.3, 0.4) is 0 Å². The topological polar surface area (TPSA) is 76.2 Å². The van der Waals surface area contributed by atoms with Crippen molar-refractivity contribution in [2.24, 2.45) is 22.5 Å². The van der Waals surface area contributed by atoms with Crippen molar-refractivity contribution in [1.29, 1.82) is 0 Å². The lowest BCUT2D eigenvalue weighted by Gasteiger charge is -2.21. The molecule has 3 aromatic rings. The third-order valence-electron chi connectivity index (χ3n) is 5.53. The van der Waals surface area contributed by atoms with E-state index in [0.717, 1.165) is 17.2 Å². The standard InChI is InChI=1S/C23H25FN6O/c1-16(17-7-5-4-6-8-17)26-22-25-15-20(30(22)3)13-14-31-21-23(2,28-29-27-21)18-9-11-19(24)12-10-18/h4-12,15-16H,13-14H2,1-3H3,(H,25,26)/t16?,23-/m1/s1. The molecule has 1 N–H and O–H groups in total. The molecule has 2 heterocycles. The van der Waals surface area contributed by atoms with E-state index in [1.54, 1.807) is 12.1 Å². The second-order valence-electron chi connectivity index (χ2n) is 7.68. The molecule has 0 bridgehead atoms. The number of hydrogen-bond acceptors (Lipinski definition) is 6. The van der Waals surface area contributed by atoms with Crippen LogP contribution in [0.15, 0.2) is 76.2 Å². The number of ether oxygens (including phenoxy) is 1. The molecule has 2 aromatic carbocycles. The molecule has 0 saturated heterocycles. The van der Waals surface area contributed by atoms with Gasteiger partial charge in [0.25, 0.3) is 0 Å². The summed E-state index contributed by atoms with van der Waals surface area (Å²) in [7, 11) is 1.97. The van der Waals surface area contributed by atoms with E-state index < -0.39 is 5.54 Å². The van der Waals surface area contributed by atoms with Crippen LogP contribution in [0.1, 0.15) is 36.7 Å². The maximum absolute atomic E-state index is 13.3. The average Bonchev–Trinajstić information content (AvgIpc) is 3.33. The van der Waals surface area contributed by atoms with Crippen LogP contribution in [-0.4, -0.2) is 22.1 Å². The van der Waals surface area contributed by atoms with Gasteiger partial charge in [-0.15, -0.1) is 5.11 Å². The molecule has 7 nitrogen and oxygen atoms in total. The van der Waals surface area contributed by atoms with Crippen molar-refractivity contribution >= 4 is 11.8 Å². The molecule has 0 radical (unpaired) electrons. The van der Waals surface area contributed by atoms with Gasteiger partial charge in [0, 0.05) is 19.2 Å². The number of hydrogen-bond donors (Lipinski definition) is 1. The predicted molar refractivity (Wildman–Crippen MR) is 117 cm³/mol. The zero-order valence-electron chi connectivity index (χ0n) is 17.8. The normalized spacial score (nSPS) is 18.6. The van der Waals surface area contributed by atoms with Gasteiger partial charge in [0.05, 0.1) is 18.8 Å². The number of anilines is 1. The smallest absolute Gasteiger partial charge is 0.245 e. The van der Waals surface area contributed by atoms with Gasteiger partial charge in [-0.1, -0.05) is 47.6 Å². The number of halogens is 1. The van der Waals surface area contributed by atoms with Gasteiger partial charge >= 0.3 is 0 Å². The average molecular weight is 420 g/mol. The molecule has 1 unspecified atom stereocenters. The molecular formula is C23H25FN6O. The van der Waals surface area contributed by atoms with Crippen molar-refractivity contribution in [2.45, 2.75) is 31.8 Å². The Morgan fingerprint density at radius 1 is 1.13 bits per heavy atom. The van der Waals surface area contributed by atoms with E-state index in [1.165, 1.54) is 17.7 Å². The van der Waals surface area contributed by atoms with Crippen LogP contribution in [0.2, 0.25) is 0 Å². The Morgan fingerprint density at radius 2 is 1.87 bits per heavy atom. The lowest BCUT2D eigenvalue weighted by molar-refractivity contribution is 0.280. The first-order valence-electron chi connectivity index (χ1n) is 10.2. The molecule has 2 atom stereocenters. The fraction of sp³-hybridized carbons (Fsp3) is 0.304. The Morgan fingerprint density at radius 3 is 2.61 bits per heavy atom. The summed E-state index contributed by atoms with van der Waals surface area (Å²) >= 11 is 0. The summed E-state index contributed by atoms with van der Waals surface area (Å²) in [6, 6.07) is 16.5. The first-order valence-corrected chi connectivity index (χ1v) is 10.2. The second kappa shape index (κ2) is 8.67. The minimum Gasteiger partial charge on any atom is -0.477 e. The van der Waals surface area contributed by atoms with Crippen LogP contribution in [0.5, 0.6) is 0 Å². The van der Waals surface area contributed by atoms with Crippen LogP contribution in [0.4, 0.5) is 10.3 Å². The first kappa shape index (κ1) is 20.7. The van der Waals surface area contributed by atoms with Crippen molar-refractivity contribution in [1.82, 2.24) is 9.55 Å². The monoisotopic (exact) mass is 420 g/mol. The van der Waals surface area contributed by atoms with Crippen molar-refractivity contribution in [3.05, 3.63) is 83.4 Å². The van der Waals surface area contributed by atoms with E-state index in [-0.39, 0.29) is 11.9 Å². The summed E-state index contributed by atoms with van der Waals surface area (Å²) in [5.74, 6) is 0.895. The van der Waals surface area contributed by atoms with E-state index >= 15 is 0 Å². The predicted octanol–water partition coefficient (Wildman–Crippen LogP) is 4.99. The Hall–Kier alpha value is -3.55. The Kier molecular flexibility index (Phi) is 5.79. The van der Waals surface area contributed by atoms with Gasteiger partial charge in [-0.2, -0.15) is 0 Å². The van der Waals surface area contributed by atoms with Gasteiger partial charge in [-0.3, -0.25) is 0 Å². The quantitative estimate of drug-likeness (QED) is 0.585. The van der Waals surface area contributed by atoms with Gasteiger partial charge in [0.15, 0.2) is 5.54 Å². The van der Waals surface area contributed by atoms with Crippen LogP contribution >= 0.6 is 0 Å². The molecule has 0 amide bonds. The fourth-order valence-electron chi connectivity index (χ4n) is 3.50. The third kappa shape index (κ3) is 4.33. The highest BCUT2D eigenvalue weighted by molar-refractivity contribution is 5.88. The van der Waals surface area contributed by atoms with Gasteiger partial charge in [-0.25, -0.2) is 9.37 Å². The molecule has 0 saturated carbocycles. The lowest BCUT2D eigenvalue weighted by Crippen LogP contribution is -2.30. The minimum absolute atomic E-state index is 0.138. The summed E-state index contributed by atoms with van der Waals surface area (Å²) in [5.41, 5.74) is 2.15. The number of imidazole rings is 1. The molecule has 31 heavy (non-hydrogen) atoms. The van der Waals surface area contributed by atoms with Crippen molar-refractivity contribution in [3.8, 4) is 0 Å². The molecule has 1 aliphatic rings. The highest BCUT2D eigenvalue weighted by Gasteiger charge is 2.38. The molecule has 0 aliphatic carbocycles. The Balaban J connectivity index is 1.36. The maximum Gasteiger partial charge on any atom is 0.245 e. The molecule has 1 aromatic heterocycles. The molecule has 1 aliphatic heterocycles. The van der Waals surface area contributed by atoms with Crippen LogP contribution in [0.25, 0.3) is 0 Å². The number of aromatic nitrogens is 2. The highest BCUT2D eigenvalue weighted by Crippen LogP contribution is 2.32. The van der Waals surface area contributed by atoms with Gasteiger partial charge in [-0.05, 0) is 42.3 Å². The Bertz CT molecular complexity index is 1090. The number of nitrogens with one attached hydrogen (secondary N) is 1. The van der Waals surface area contributed by atoms with Crippen molar-refractivity contribution in [3.63, 3.8) is 0 Å². The minimum atomic E-state index is -0.849. The number of nitrogens with zero attached hydrogens (tertiary/aromatic N) is 5. The number of benzene rings is 2. The van der Waals surface area contributed by atoms with E-state index in [2.05, 4.69) is 44.8 Å². The zero-order valence-corrected chi connectivity index (χ0v) is 17.8. The molecular weight excluding hydrogens is 395 g/mol. The van der Waals surface area contributed by atoms with E-state index in [4.69, 9.17) is 4.74 Å². The van der Waals surface area contributed by atoms with Gasteiger partial charge in [0.2, 0.25) is 11.8 Å². The van der Waals surface area contributed by atoms with Crippen LogP contribution in [-0.2, 0) is 23.7 Å². The van der Waals surface area contributed by atoms with Crippen LogP contribution in [0, 0.1) is 5.82 Å².